The third kappa shape index (κ3) is 1.87. The van der Waals surface area contributed by atoms with Crippen LogP contribution in [0.15, 0.2) is 30.5 Å². The van der Waals surface area contributed by atoms with E-state index < -0.39 is 6.10 Å². The zero-order chi connectivity index (χ0) is 11.8. The summed E-state index contributed by atoms with van der Waals surface area (Å²) in [5.74, 6) is 0.812. The van der Waals surface area contributed by atoms with Gasteiger partial charge in [-0.1, -0.05) is 29.8 Å². The van der Waals surface area contributed by atoms with E-state index in [1.165, 1.54) is 5.56 Å². The van der Waals surface area contributed by atoms with Crippen molar-refractivity contribution in [1.82, 2.24) is 9.55 Å². The fourth-order valence-corrected chi connectivity index (χ4v) is 2.32. The first-order valence-corrected chi connectivity index (χ1v) is 6.06. The fraction of sp³-hybridized carbons (Fsp3) is 0.357. The van der Waals surface area contributed by atoms with Gasteiger partial charge < -0.3 is 9.67 Å². The number of aromatic nitrogens is 2. The van der Waals surface area contributed by atoms with E-state index in [0.717, 1.165) is 36.5 Å². The Morgan fingerprint density at radius 3 is 2.76 bits per heavy atom. The summed E-state index contributed by atoms with van der Waals surface area (Å²) in [5, 5.41) is 9.88. The Labute approximate surface area is 101 Å². The van der Waals surface area contributed by atoms with Crippen LogP contribution in [0.3, 0.4) is 0 Å². The van der Waals surface area contributed by atoms with Crippen LogP contribution in [0.25, 0.3) is 11.3 Å². The Hall–Kier alpha value is -1.61. The summed E-state index contributed by atoms with van der Waals surface area (Å²) in [6.45, 7) is 3.04. The molecule has 1 aliphatic heterocycles. The van der Waals surface area contributed by atoms with Gasteiger partial charge in [0.05, 0.1) is 5.69 Å². The highest BCUT2D eigenvalue weighted by molar-refractivity contribution is 5.59. The smallest absolute Gasteiger partial charge is 0.138 e. The first-order chi connectivity index (χ1) is 8.24. The average molecular weight is 228 g/mol. The molecular weight excluding hydrogens is 212 g/mol. The number of imidazole rings is 1. The second-order valence-electron chi connectivity index (χ2n) is 4.70. The van der Waals surface area contributed by atoms with E-state index in [4.69, 9.17) is 0 Å². The maximum atomic E-state index is 9.88. The molecule has 17 heavy (non-hydrogen) atoms. The first kappa shape index (κ1) is 10.5. The molecule has 0 fully saturated rings. The Morgan fingerprint density at radius 1 is 1.29 bits per heavy atom. The Kier molecular flexibility index (Phi) is 2.48. The first-order valence-electron chi connectivity index (χ1n) is 6.06. The van der Waals surface area contributed by atoms with Crippen LogP contribution in [0, 0.1) is 6.92 Å². The maximum absolute atomic E-state index is 9.88. The summed E-state index contributed by atoms with van der Waals surface area (Å²) >= 11 is 0. The van der Waals surface area contributed by atoms with Crippen molar-refractivity contribution >= 4 is 0 Å². The van der Waals surface area contributed by atoms with Crippen molar-refractivity contribution in [2.75, 3.05) is 0 Å². The number of benzene rings is 1. The van der Waals surface area contributed by atoms with Crippen molar-refractivity contribution in [1.29, 1.82) is 0 Å². The number of aryl methyl sites for hydroxylation is 2. The summed E-state index contributed by atoms with van der Waals surface area (Å²) in [6.07, 6.45) is 3.49. The number of aliphatic hydroxyl groups is 1. The third-order valence-electron chi connectivity index (χ3n) is 3.33. The molecule has 3 rings (SSSR count). The lowest BCUT2D eigenvalue weighted by Crippen LogP contribution is -2.14. The molecule has 1 unspecified atom stereocenters. The second kappa shape index (κ2) is 4.00. The highest BCUT2D eigenvalue weighted by Crippen LogP contribution is 2.27. The van der Waals surface area contributed by atoms with Gasteiger partial charge in [0.15, 0.2) is 0 Å². The molecule has 88 valence electrons. The predicted molar refractivity (Wildman–Crippen MR) is 66.6 cm³/mol. The zero-order valence-electron chi connectivity index (χ0n) is 9.93. The van der Waals surface area contributed by atoms with Crippen molar-refractivity contribution < 1.29 is 5.11 Å². The lowest BCUT2D eigenvalue weighted by Gasteiger charge is -2.18. The van der Waals surface area contributed by atoms with E-state index in [-0.39, 0.29) is 0 Å². The van der Waals surface area contributed by atoms with E-state index in [1.54, 1.807) is 0 Å². The molecule has 1 N–H and O–H groups in total. The number of hydrogen-bond acceptors (Lipinski definition) is 2. The molecule has 1 atom stereocenters. The highest BCUT2D eigenvalue weighted by atomic mass is 16.3. The van der Waals surface area contributed by atoms with Gasteiger partial charge in [0.2, 0.25) is 0 Å². The third-order valence-corrected chi connectivity index (χ3v) is 3.33. The molecule has 1 aromatic carbocycles. The topological polar surface area (TPSA) is 38.0 Å². The average Bonchev–Trinajstić information content (AvgIpc) is 2.75. The van der Waals surface area contributed by atoms with Gasteiger partial charge in [-0.2, -0.15) is 0 Å². The highest BCUT2D eigenvalue weighted by Gasteiger charge is 2.20. The fourth-order valence-electron chi connectivity index (χ4n) is 2.32. The molecule has 2 heterocycles. The minimum atomic E-state index is -0.400. The van der Waals surface area contributed by atoms with Gasteiger partial charge in [-0.25, -0.2) is 4.98 Å². The Bertz CT molecular complexity index is 528. The normalized spacial score (nSPS) is 19.1. The van der Waals surface area contributed by atoms with Crippen LogP contribution in [0.1, 0.15) is 30.3 Å². The van der Waals surface area contributed by atoms with E-state index >= 15 is 0 Å². The van der Waals surface area contributed by atoms with Crippen LogP contribution in [0.4, 0.5) is 0 Å². The van der Waals surface area contributed by atoms with Crippen molar-refractivity contribution in [2.24, 2.45) is 0 Å². The van der Waals surface area contributed by atoms with E-state index in [2.05, 4.69) is 40.7 Å². The molecule has 3 heteroatoms. The van der Waals surface area contributed by atoms with Crippen LogP contribution < -0.4 is 0 Å². The van der Waals surface area contributed by atoms with Gasteiger partial charge in [-0.3, -0.25) is 0 Å². The van der Waals surface area contributed by atoms with Crippen molar-refractivity contribution in [3.05, 3.63) is 41.9 Å². The molecule has 1 aliphatic rings. The molecule has 0 radical (unpaired) electrons. The molecule has 0 saturated carbocycles. The van der Waals surface area contributed by atoms with Crippen LogP contribution in [-0.4, -0.2) is 14.7 Å². The molecule has 0 bridgehead atoms. The number of nitrogens with zero attached hydrogens (tertiary/aromatic N) is 2. The molecular formula is C14H16N2O. The van der Waals surface area contributed by atoms with Gasteiger partial charge >= 0.3 is 0 Å². The van der Waals surface area contributed by atoms with Gasteiger partial charge in [0.25, 0.3) is 0 Å². The predicted octanol–water partition coefficient (Wildman–Crippen LogP) is 2.69. The standard InChI is InChI=1S/C14H16N2O/c1-10-4-6-11(7-5-10)12-9-16-8-2-3-13(17)14(16)15-12/h4-7,9,13,17H,2-3,8H2,1H3. The quantitative estimate of drug-likeness (QED) is 0.815. The number of fused-ring (bicyclic) bond motifs is 1. The SMILES string of the molecule is Cc1ccc(-c2cn3c(n2)C(O)CCC3)cc1. The summed E-state index contributed by atoms with van der Waals surface area (Å²) in [4.78, 5) is 4.54. The van der Waals surface area contributed by atoms with Crippen molar-refractivity contribution in [2.45, 2.75) is 32.4 Å². The molecule has 0 aliphatic carbocycles. The molecule has 2 aromatic rings. The van der Waals surface area contributed by atoms with Crippen LogP contribution in [-0.2, 0) is 6.54 Å². The summed E-state index contributed by atoms with van der Waals surface area (Å²) in [6, 6.07) is 8.33. The zero-order valence-corrected chi connectivity index (χ0v) is 9.93. The molecule has 0 spiro atoms. The van der Waals surface area contributed by atoms with Crippen molar-refractivity contribution in [3.63, 3.8) is 0 Å². The molecule has 1 aromatic heterocycles. The minimum Gasteiger partial charge on any atom is -0.385 e. The number of hydrogen-bond donors (Lipinski definition) is 1. The second-order valence-corrected chi connectivity index (χ2v) is 4.70. The molecule has 0 amide bonds. The van der Waals surface area contributed by atoms with Gasteiger partial charge in [0.1, 0.15) is 11.9 Å². The van der Waals surface area contributed by atoms with E-state index in [9.17, 15) is 5.11 Å². The number of aliphatic hydroxyl groups excluding tert-OH is 1. The molecule has 0 saturated heterocycles. The number of rotatable bonds is 1. The van der Waals surface area contributed by atoms with Gasteiger partial charge in [-0.15, -0.1) is 0 Å². The van der Waals surface area contributed by atoms with Crippen molar-refractivity contribution in [3.8, 4) is 11.3 Å². The summed E-state index contributed by atoms with van der Waals surface area (Å²) in [5.41, 5.74) is 3.32. The van der Waals surface area contributed by atoms with Crippen LogP contribution >= 0.6 is 0 Å². The lowest BCUT2D eigenvalue weighted by molar-refractivity contribution is 0.134. The lowest BCUT2D eigenvalue weighted by atomic mass is 10.1. The van der Waals surface area contributed by atoms with Gasteiger partial charge in [0, 0.05) is 18.3 Å². The Balaban J connectivity index is 2.02. The largest absolute Gasteiger partial charge is 0.385 e. The summed E-state index contributed by atoms with van der Waals surface area (Å²) < 4.78 is 2.07. The van der Waals surface area contributed by atoms with Crippen LogP contribution in [0.2, 0.25) is 0 Å². The van der Waals surface area contributed by atoms with E-state index in [1.807, 2.05) is 6.20 Å². The summed E-state index contributed by atoms with van der Waals surface area (Å²) in [7, 11) is 0. The monoisotopic (exact) mass is 228 g/mol. The maximum Gasteiger partial charge on any atom is 0.138 e. The van der Waals surface area contributed by atoms with E-state index in [0.29, 0.717) is 0 Å². The Morgan fingerprint density at radius 2 is 2.06 bits per heavy atom. The van der Waals surface area contributed by atoms with Gasteiger partial charge in [-0.05, 0) is 19.8 Å². The molecule has 3 nitrogen and oxygen atoms in total. The minimum absolute atomic E-state index is 0.400. The van der Waals surface area contributed by atoms with Crippen LogP contribution in [0.5, 0.6) is 0 Å².